The van der Waals surface area contributed by atoms with Crippen LogP contribution in [0.1, 0.15) is 81.7 Å². The van der Waals surface area contributed by atoms with E-state index in [4.69, 9.17) is 0 Å². The molecule has 1 N–H and O–H groups in total. The van der Waals surface area contributed by atoms with Crippen LogP contribution in [0.25, 0.3) is 0 Å². The highest BCUT2D eigenvalue weighted by Crippen LogP contribution is 2.40. The molecule has 3 aromatic rings. The van der Waals surface area contributed by atoms with Crippen molar-refractivity contribution in [2.75, 3.05) is 10.2 Å². The number of benzene rings is 2. The van der Waals surface area contributed by atoms with Crippen LogP contribution in [0.5, 0.6) is 0 Å². The molecule has 0 unspecified atom stereocenters. The summed E-state index contributed by atoms with van der Waals surface area (Å²) in [6.45, 7) is 8.14. The van der Waals surface area contributed by atoms with Crippen LogP contribution >= 0.6 is 0 Å². The van der Waals surface area contributed by atoms with E-state index < -0.39 is 17.7 Å². The summed E-state index contributed by atoms with van der Waals surface area (Å²) in [6.07, 6.45) is 1.57. The molecule has 0 bridgehead atoms. The minimum absolute atomic E-state index is 0.111. The van der Waals surface area contributed by atoms with E-state index in [0.29, 0.717) is 11.5 Å². The van der Waals surface area contributed by atoms with Crippen molar-refractivity contribution < 1.29 is 14.4 Å². The van der Waals surface area contributed by atoms with Crippen LogP contribution < -0.4 is 10.2 Å². The average Bonchev–Trinajstić information content (AvgIpc) is 3.03. The number of anilines is 2. The Labute approximate surface area is 187 Å². The molecule has 0 radical (unpaired) electrons. The number of amides is 3. The molecule has 0 saturated heterocycles. The SMILES string of the molecule is CC(C)c1cccc(C(C)C)c1N1C(=O)c2cccc(C(=O)Nc3ccccn3)c2C1=O. The molecule has 4 rings (SSSR count). The van der Waals surface area contributed by atoms with Crippen molar-refractivity contribution in [1.82, 2.24) is 4.98 Å². The molecular weight excluding hydrogens is 402 g/mol. The van der Waals surface area contributed by atoms with Crippen molar-refractivity contribution >= 4 is 29.2 Å². The van der Waals surface area contributed by atoms with E-state index in [9.17, 15) is 14.4 Å². The van der Waals surface area contributed by atoms with Crippen LogP contribution in [0.4, 0.5) is 11.5 Å². The molecule has 2 heterocycles. The van der Waals surface area contributed by atoms with Gasteiger partial charge in [-0.25, -0.2) is 9.88 Å². The molecule has 1 aliphatic rings. The first-order valence-electron chi connectivity index (χ1n) is 10.7. The number of hydrogen-bond acceptors (Lipinski definition) is 4. The van der Waals surface area contributed by atoms with Crippen molar-refractivity contribution in [3.8, 4) is 0 Å². The van der Waals surface area contributed by atoms with E-state index in [0.717, 1.165) is 11.1 Å². The second-order valence-electron chi connectivity index (χ2n) is 8.44. The van der Waals surface area contributed by atoms with Gasteiger partial charge < -0.3 is 5.32 Å². The van der Waals surface area contributed by atoms with Crippen molar-refractivity contribution in [1.29, 1.82) is 0 Å². The zero-order valence-electron chi connectivity index (χ0n) is 18.5. The summed E-state index contributed by atoms with van der Waals surface area (Å²) in [5, 5.41) is 2.71. The molecule has 6 nitrogen and oxygen atoms in total. The Kier molecular flexibility index (Phi) is 5.61. The maximum atomic E-state index is 13.6. The molecule has 32 heavy (non-hydrogen) atoms. The predicted molar refractivity (Wildman–Crippen MR) is 124 cm³/mol. The third kappa shape index (κ3) is 3.58. The normalized spacial score (nSPS) is 13.1. The minimum atomic E-state index is -0.482. The highest BCUT2D eigenvalue weighted by atomic mass is 16.2. The summed E-state index contributed by atoms with van der Waals surface area (Å²) >= 11 is 0. The van der Waals surface area contributed by atoms with Gasteiger partial charge in [-0.3, -0.25) is 14.4 Å². The van der Waals surface area contributed by atoms with Crippen molar-refractivity contribution in [2.24, 2.45) is 0 Å². The number of aromatic nitrogens is 1. The second kappa shape index (κ2) is 8.38. The number of carbonyl (C=O) groups excluding carboxylic acids is 3. The molecular formula is C26H25N3O3. The zero-order valence-corrected chi connectivity index (χ0v) is 18.5. The van der Waals surface area contributed by atoms with Crippen molar-refractivity contribution in [3.63, 3.8) is 0 Å². The lowest BCUT2D eigenvalue weighted by Crippen LogP contribution is -2.32. The largest absolute Gasteiger partial charge is 0.307 e. The number of fused-ring (bicyclic) bond motifs is 1. The van der Waals surface area contributed by atoms with Gasteiger partial charge >= 0.3 is 0 Å². The molecule has 0 spiro atoms. The van der Waals surface area contributed by atoms with Gasteiger partial charge in [-0.1, -0.05) is 58.0 Å². The van der Waals surface area contributed by atoms with Gasteiger partial charge in [0.15, 0.2) is 0 Å². The van der Waals surface area contributed by atoms with Gasteiger partial charge in [0.1, 0.15) is 5.82 Å². The van der Waals surface area contributed by atoms with Crippen LogP contribution in [0.2, 0.25) is 0 Å². The Balaban J connectivity index is 1.82. The highest BCUT2D eigenvalue weighted by Gasteiger charge is 2.41. The number of hydrogen-bond donors (Lipinski definition) is 1. The van der Waals surface area contributed by atoms with Gasteiger partial charge in [-0.2, -0.15) is 0 Å². The summed E-state index contributed by atoms with van der Waals surface area (Å²) in [4.78, 5) is 45.4. The van der Waals surface area contributed by atoms with Crippen LogP contribution in [0.15, 0.2) is 60.8 Å². The zero-order chi connectivity index (χ0) is 23.0. The third-order valence-corrected chi connectivity index (χ3v) is 5.63. The minimum Gasteiger partial charge on any atom is -0.307 e. The van der Waals surface area contributed by atoms with Gasteiger partial charge in [0, 0.05) is 6.20 Å². The smallest absolute Gasteiger partial charge is 0.266 e. The van der Waals surface area contributed by atoms with E-state index >= 15 is 0 Å². The van der Waals surface area contributed by atoms with Gasteiger partial charge in [0.2, 0.25) is 0 Å². The van der Waals surface area contributed by atoms with Crippen LogP contribution in [0.3, 0.4) is 0 Å². The quantitative estimate of drug-likeness (QED) is 0.554. The van der Waals surface area contributed by atoms with Crippen LogP contribution in [0, 0.1) is 0 Å². The van der Waals surface area contributed by atoms with Gasteiger partial charge in [0.25, 0.3) is 17.7 Å². The molecule has 0 atom stereocenters. The number of nitrogens with zero attached hydrogens (tertiary/aromatic N) is 2. The number of rotatable bonds is 5. The number of carbonyl (C=O) groups is 3. The summed E-state index contributed by atoms with van der Waals surface area (Å²) in [5.74, 6) is -0.778. The Morgan fingerprint density at radius 2 is 1.50 bits per heavy atom. The molecule has 0 aliphatic carbocycles. The number of pyridine rings is 1. The van der Waals surface area contributed by atoms with Crippen LogP contribution in [-0.4, -0.2) is 22.7 Å². The monoisotopic (exact) mass is 427 g/mol. The van der Waals surface area contributed by atoms with E-state index in [2.05, 4.69) is 10.3 Å². The molecule has 2 aromatic carbocycles. The molecule has 1 aromatic heterocycles. The molecule has 0 saturated carbocycles. The maximum absolute atomic E-state index is 13.6. The Hall–Kier alpha value is -3.80. The first-order chi connectivity index (χ1) is 15.3. The number of nitrogens with one attached hydrogen (secondary N) is 1. The molecule has 0 fully saturated rings. The summed E-state index contributed by atoms with van der Waals surface area (Å²) in [5.41, 5.74) is 2.98. The van der Waals surface area contributed by atoms with E-state index in [-0.39, 0.29) is 28.5 Å². The summed E-state index contributed by atoms with van der Waals surface area (Å²) in [7, 11) is 0. The van der Waals surface area contributed by atoms with Gasteiger partial charge in [0.05, 0.1) is 22.4 Å². The topological polar surface area (TPSA) is 79.4 Å². The van der Waals surface area contributed by atoms with Gasteiger partial charge in [-0.15, -0.1) is 0 Å². The highest BCUT2D eigenvalue weighted by molar-refractivity contribution is 6.37. The third-order valence-electron chi connectivity index (χ3n) is 5.63. The van der Waals surface area contributed by atoms with Crippen molar-refractivity contribution in [2.45, 2.75) is 39.5 Å². The average molecular weight is 428 g/mol. The van der Waals surface area contributed by atoms with Crippen LogP contribution in [-0.2, 0) is 0 Å². The summed E-state index contributed by atoms with van der Waals surface area (Å²) < 4.78 is 0. The van der Waals surface area contributed by atoms with E-state index in [1.165, 1.54) is 4.90 Å². The second-order valence-corrected chi connectivity index (χ2v) is 8.44. The predicted octanol–water partition coefficient (Wildman–Crippen LogP) is 5.38. The van der Waals surface area contributed by atoms with Gasteiger partial charge in [-0.05, 0) is 47.2 Å². The van der Waals surface area contributed by atoms with E-state index in [1.54, 1.807) is 42.6 Å². The van der Waals surface area contributed by atoms with E-state index in [1.807, 2.05) is 45.9 Å². The fourth-order valence-electron chi connectivity index (χ4n) is 4.07. The number of imide groups is 1. The Morgan fingerprint density at radius 3 is 2.09 bits per heavy atom. The first kappa shape index (κ1) is 21.4. The number of para-hydroxylation sites is 1. The first-order valence-corrected chi connectivity index (χ1v) is 10.7. The molecule has 162 valence electrons. The maximum Gasteiger partial charge on any atom is 0.266 e. The Morgan fingerprint density at radius 1 is 0.844 bits per heavy atom. The molecule has 6 heteroatoms. The molecule has 1 aliphatic heterocycles. The van der Waals surface area contributed by atoms with Crippen molar-refractivity contribution in [3.05, 3.63) is 88.6 Å². The lowest BCUT2D eigenvalue weighted by molar-refractivity contribution is 0.0919. The lowest BCUT2D eigenvalue weighted by Gasteiger charge is -2.25. The molecule has 3 amide bonds. The Bertz CT molecular complexity index is 1190. The lowest BCUT2D eigenvalue weighted by atomic mass is 9.92. The fourth-order valence-corrected chi connectivity index (χ4v) is 4.07. The fraction of sp³-hybridized carbons (Fsp3) is 0.231. The standard InChI is InChI=1S/C26H25N3O3/c1-15(2)17-9-7-10-18(16(3)4)23(17)29-25(31)20-12-8-11-19(22(20)26(29)32)24(30)28-21-13-5-6-14-27-21/h5-16H,1-4H3,(H,27,28,30). The summed E-state index contributed by atoms with van der Waals surface area (Å²) in [6, 6.07) is 15.8.